The van der Waals surface area contributed by atoms with Crippen LogP contribution in [-0.2, 0) is 0 Å². The van der Waals surface area contributed by atoms with Gasteiger partial charge in [-0.25, -0.2) is 0 Å². The molecule has 0 aromatic heterocycles. The molecule has 1 saturated carbocycles. The average Bonchev–Trinajstić information content (AvgIpc) is 2.61. The highest BCUT2D eigenvalue weighted by Gasteiger charge is 2.27. The smallest absolute Gasteiger partial charge is 0.253 e. The van der Waals surface area contributed by atoms with Crippen molar-refractivity contribution in [1.82, 2.24) is 0 Å². The molecule has 20 heavy (non-hydrogen) atoms. The number of rotatable bonds is 4. The average molecular weight is 297 g/mol. The predicted molar refractivity (Wildman–Crippen MR) is 80.1 cm³/mol. The van der Waals surface area contributed by atoms with Gasteiger partial charge in [0.05, 0.1) is 16.1 Å². The maximum atomic E-state index is 11.5. The molecule has 5 heteroatoms. The zero-order valence-electron chi connectivity index (χ0n) is 11.5. The third-order valence-corrected chi connectivity index (χ3v) is 4.15. The molecule has 0 bridgehead atoms. The second kappa shape index (κ2) is 6.46. The van der Waals surface area contributed by atoms with E-state index < -0.39 is 5.91 Å². The van der Waals surface area contributed by atoms with E-state index in [-0.39, 0.29) is 11.1 Å². The maximum absolute atomic E-state index is 11.5. The monoisotopic (exact) mass is 296 g/mol. The highest BCUT2D eigenvalue weighted by Crippen LogP contribution is 2.29. The van der Waals surface area contributed by atoms with Gasteiger partial charge in [0.15, 0.2) is 0 Å². The normalized spacial score (nSPS) is 18.3. The van der Waals surface area contributed by atoms with E-state index >= 15 is 0 Å². The third-order valence-electron chi connectivity index (χ3n) is 3.84. The summed E-state index contributed by atoms with van der Waals surface area (Å²) < 4.78 is 5.77. The van der Waals surface area contributed by atoms with Gasteiger partial charge >= 0.3 is 0 Å². The fourth-order valence-corrected chi connectivity index (χ4v) is 2.92. The molecule has 0 spiro atoms. The lowest BCUT2D eigenvalue weighted by Gasteiger charge is -2.28. The largest absolute Gasteiger partial charge is 0.491 e. The quantitative estimate of drug-likeness (QED) is 0.839. The van der Waals surface area contributed by atoms with Gasteiger partial charge < -0.3 is 16.2 Å². The summed E-state index contributed by atoms with van der Waals surface area (Å²) in [5, 5.41) is 0.307. The van der Waals surface area contributed by atoms with Crippen LogP contribution < -0.4 is 16.2 Å². The topological polar surface area (TPSA) is 78.3 Å². The molecular weight excluding hydrogens is 276 g/mol. The number of benzene rings is 1. The maximum Gasteiger partial charge on any atom is 0.253 e. The van der Waals surface area contributed by atoms with Crippen LogP contribution in [0, 0.1) is 0 Å². The van der Waals surface area contributed by atoms with Crippen molar-refractivity contribution in [2.75, 3.05) is 6.61 Å². The van der Waals surface area contributed by atoms with Gasteiger partial charge in [-0.15, -0.1) is 0 Å². The van der Waals surface area contributed by atoms with Crippen LogP contribution in [0.3, 0.4) is 0 Å². The van der Waals surface area contributed by atoms with Crippen molar-refractivity contribution in [3.8, 4) is 5.75 Å². The number of primary amides is 1. The first kappa shape index (κ1) is 15.1. The Morgan fingerprint density at radius 2 is 1.90 bits per heavy atom. The number of carbonyl (C=O) groups excluding carboxylic acids is 1. The van der Waals surface area contributed by atoms with Crippen LogP contribution >= 0.6 is 11.6 Å². The van der Waals surface area contributed by atoms with Gasteiger partial charge in [-0.05, 0) is 25.0 Å². The number of carbonyl (C=O) groups is 1. The zero-order valence-corrected chi connectivity index (χ0v) is 12.3. The Hall–Kier alpha value is -1.26. The van der Waals surface area contributed by atoms with Crippen LogP contribution in [0.4, 0.5) is 0 Å². The molecule has 1 aromatic rings. The molecule has 0 unspecified atom stereocenters. The molecular formula is C15H21ClN2O2. The van der Waals surface area contributed by atoms with Crippen molar-refractivity contribution in [3.63, 3.8) is 0 Å². The first-order valence-corrected chi connectivity index (χ1v) is 7.40. The second-order valence-electron chi connectivity index (χ2n) is 5.54. The Kier molecular flexibility index (Phi) is 4.89. The van der Waals surface area contributed by atoms with Crippen LogP contribution in [0.25, 0.3) is 0 Å². The number of halogens is 1. The van der Waals surface area contributed by atoms with Crippen molar-refractivity contribution in [1.29, 1.82) is 0 Å². The summed E-state index contributed by atoms with van der Waals surface area (Å²) in [6, 6.07) is 5.06. The standard InChI is InChI=1S/C15H21ClN2O2/c16-11-6-5-7-12(13(11)14(17)19)20-10-15(18)8-3-1-2-4-9-15/h5-7H,1-4,8-10,18H2,(H2,17,19). The molecule has 1 aliphatic rings. The van der Waals surface area contributed by atoms with Crippen molar-refractivity contribution >= 4 is 17.5 Å². The van der Waals surface area contributed by atoms with Crippen LogP contribution in [-0.4, -0.2) is 18.1 Å². The number of hydrogen-bond acceptors (Lipinski definition) is 3. The predicted octanol–water partition coefficient (Wildman–Crippen LogP) is 2.87. The molecule has 1 fully saturated rings. The Morgan fingerprint density at radius 3 is 2.50 bits per heavy atom. The van der Waals surface area contributed by atoms with E-state index in [1.165, 1.54) is 12.8 Å². The van der Waals surface area contributed by atoms with E-state index in [1.807, 2.05) is 0 Å². The van der Waals surface area contributed by atoms with Crippen LogP contribution in [0.2, 0.25) is 5.02 Å². The van der Waals surface area contributed by atoms with Gasteiger partial charge in [0.1, 0.15) is 12.4 Å². The minimum absolute atomic E-state index is 0.228. The van der Waals surface area contributed by atoms with E-state index in [1.54, 1.807) is 18.2 Å². The summed E-state index contributed by atoms with van der Waals surface area (Å²) in [6.45, 7) is 0.383. The van der Waals surface area contributed by atoms with Gasteiger partial charge in [0.25, 0.3) is 5.91 Å². The second-order valence-corrected chi connectivity index (χ2v) is 5.95. The molecule has 1 aromatic carbocycles. The first-order valence-electron chi connectivity index (χ1n) is 7.02. The molecule has 110 valence electrons. The molecule has 0 saturated heterocycles. The molecule has 0 heterocycles. The summed E-state index contributed by atoms with van der Waals surface area (Å²) in [6.07, 6.45) is 6.58. The molecule has 0 radical (unpaired) electrons. The summed E-state index contributed by atoms with van der Waals surface area (Å²) in [5.41, 5.74) is 11.6. The Morgan fingerprint density at radius 1 is 1.25 bits per heavy atom. The number of nitrogens with two attached hydrogens (primary N) is 2. The zero-order chi connectivity index (χ0) is 14.6. The summed E-state index contributed by atoms with van der Waals surface area (Å²) in [4.78, 5) is 11.5. The lowest BCUT2D eigenvalue weighted by molar-refractivity contribution is 0.0994. The number of hydrogen-bond donors (Lipinski definition) is 2. The van der Waals surface area contributed by atoms with Crippen molar-refractivity contribution in [2.45, 2.75) is 44.1 Å². The lowest BCUT2D eigenvalue weighted by Crippen LogP contribution is -2.45. The molecule has 4 nitrogen and oxygen atoms in total. The van der Waals surface area contributed by atoms with Gasteiger partial charge in [0, 0.05) is 0 Å². The molecule has 1 amide bonds. The number of ether oxygens (including phenoxy) is 1. The fraction of sp³-hybridized carbons (Fsp3) is 0.533. The summed E-state index contributed by atoms with van der Waals surface area (Å²) in [5.74, 6) is -0.170. The Labute approximate surface area is 124 Å². The van der Waals surface area contributed by atoms with Crippen LogP contribution in [0.15, 0.2) is 18.2 Å². The van der Waals surface area contributed by atoms with E-state index in [0.29, 0.717) is 17.4 Å². The van der Waals surface area contributed by atoms with E-state index in [4.69, 9.17) is 27.8 Å². The van der Waals surface area contributed by atoms with Crippen molar-refractivity contribution in [2.24, 2.45) is 11.5 Å². The minimum atomic E-state index is -0.586. The van der Waals surface area contributed by atoms with E-state index in [9.17, 15) is 4.79 Å². The van der Waals surface area contributed by atoms with Gasteiger partial charge in [-0.2, -0.15) is 0 Å². The van der Waals surface area contributed by atoms with Crippen LogP contribution in [0.5, 0.6) is 5.75 Å². The van der Waals surface area contributed by atoms with Gasteiger partial charge in [0.2, 0.25) is 0 Å². The van der Waals surface area contributed by atoms with Crippen molar-refractivity contribution < 1.29 is 9.53 Å². The molecule has 1 aliphatic carbocycles. The first-order chi connectivity index (χ1) is 9.52. The van der Waals surface area contributed by atoms with Crippen molar-refractivity contribution in [3.05, 3.63) is 28.8 Å². The van der Waals surface area contributed by atoms with E-state index in [0.717, 1.165) is 25.7 Å². The molecule has 0 atom stereocenters. The highest BCUT2D eigenvalue weighted by molar-refractivity contribution is 6.34. The van der Waals surface area contributed by atoms with E-state index in [2.05, 4.69) is 0 Å². The highest BCUT2D eigenvalue weighted by atomic mass is 35.5. The molecule has 0 aliphatic heterocycles. The van der Waals surface area contributed by atoms with Crippen LogP contribution in [0.1, 0.15) is 48.9 Å². The number of amides is 1. The summed E-state index contributed by atoms with van der Waals surface area (Å²) in [7, 11) is 0. The summed E-state index contributed by atoms with van der Waals surface area (Å²) >= 11 is 5.99. The Bertz CT molecular complexity index is 483. The van der Waals surface area contributed by atoms with Gasteiger partial charge in [-0.1, -0.05) is 43.4 Å². The van der Waals surface area contributed by atoms with Gasteiger partial charge in [-0.3, -0.25) is 4.79 Å². The molecule has 2 rings (SSSR count). The fourth-order valence-electron chi connectivity index (χ4n) is 2.66. The minimum Gasteiger partial charge on any atom is -0.491 e. The molecule has 4 N–H and O–H groups in total. The third kappa shape index (κ3) is 3.64. The SMILES string of the molecule is NC(=O)c1c(Cl)cccc1OCC1(N)CCCCCC1. The lowest BCUT2D eigenvalue weighted by atomic mass is 9.92. The Balaban J connectivity index is 2.10.